The molecule has 0 heterocycles. The quantitative estimate of drug-likeness (QED) is 0.159. The van der Waals surface area contributed by atoms with E-state index in [4.69, 9.17) is 0 Å². The molecule has 0 aliphatic rings. The van der Waals surface area contributed by atoms with Crippen LogP contribution in [-0.2, 0) is 0 Å². The highest BCUT2D eigenvalue weighted by Crippen LogP contribution is 2.49. The van der Waals surface area contributed by atoms with Crippen LogP contribution in [0, 0.1) is 0 Å². The predicted octanol–water partition coefficient (Wildman–Crippen LogP) is 14.8. The van der Waals surface area contributed by atoms with Crippen molar-refractivity contribution in [1.82, 2.24) is 0 Å². The van der Waals surface area contributed by atoms with Crippen LogP contribution in [0.1, 0.15) is 0 Å². The number of hydrogen-bond acceptors (Lipinski definition) is 1. The number of nitrogens with zero attached hydrogens (tertiary/aromatic N) is 1. The molecule has 0 bridgehead atoms. The molecule has 0 saturated carbocycles. The highest BCUT2D eigenvalue weighted by atomic mass is 15.1. The van der Waals surface area contributed by atoms with Gasteiger partial charge in [-0.05, 0) is 120 Å². The number of rotatable bonds is 6. The van der Waals surface area contributed by atoms with Crippen LogP contribution in [0.5, 0.6) is 0 Å². The van der Waals surface area contributed by atoms with Gasteiger partial charge in [0.1, 0.15) is 0 Å². The third-order valence-electron chi connectivity index (χ3n) is 10.6. The largest absolute Gasteiger partial charge is 0.310 e. The standard InChI is InChI=1S/C52H35N/c1-4-17-36(18-5-1)37-21-16-22-40(33-37)51-45-29-14-15-30-46(45)52(49-35-39-20-11-10-19-38(39)34-48(49)51)47-31-32-50(44-28-13-12-27-43(44)47)53(41-23-6-2-7-24-41)42-25-8-3-9-26-42/h1-35H. The number of benzene rings is 10. The minimum absolute atomic E-state index is 1.13. The number of hydrogen-bond donors (Lipinski definition) is 0. The summed E-state index contributed by atoms with van der Waals surface area (Å²) in [5.74, 6) is 0. The van der Waals surface area contributed by atoms with Gasteiger partial charge in [-0.1, -0.05) is 164 Å². The summed E-state index contributed by atoms with van der Waals surface area (Å²) in [6.07, 6.45) is 0. The van der Waals surface area contributed by atoms with Crippen molar-refractivity contribution in [2.45, 2.75) is 0 Å². The SMILES string of the molecule is c1ccc(-c2cccc(-c3c4ccccc4c(-c4ccc(N(c5ccccc5)c5ccccc5)c5ccccc45)c4cc5ccccc5cc34)c2)cc1. The lowest BCUT2D eigenvalue weighted by Crippen LogP contribution is -2.10. The monoisotopic (exact) mass is 673 g/mol. The fourth-order valence-corrected chi connectivity index (χ4v) is 8.23. The van der Waals surface area contributed by atoms with Crippen molar-refractivity contribution >= 4 is 60.2 Å². The van der Waals surface area contributed by atoms with E-state index in [-0.39, 0.29) is 0 Å². The first-order chi connectivity index (χ1) is 26.3. The fourth-order valence-electron chi connectivity index (χ4n) is 8.23. The Morgan fingerprint density at radius 1 is 0.264 bits per heavy atom. The predicted molar refractivity (Wildman–Crippen MR) is 227 cm³/mol. The molecule has 0 saturated heterocycles. The van der Waals surface area contributed by atoms with Crippen molar-refractivity contribution in [3.63, 3.8) is 0 Å². The fraction of sp³-hybridized carbons (Fsp3) is 0. The maximum absolute atomic E-state index is 2.42. The lowest BCUT2D eigenvalue weighted by Gasteiger charge is -2.28. The van der Waals surface area contributed by atoms with Gasteiger partial charge in [-0.3, -0.25) is 0 Å². The van der Waals surface area contributed by atoms with E-state index in [0.29, 0.717) is 0 Å². The topological polar surface area (TPSA) is 3.24 Å². The molecule has 1 nitrogen and oxygen atoms in total. The first-order valence-corrected chi connectivity index (χ1v) is 18.3. The van der Waals surface area contributed by atoms with Crippen molar-refractivity contribution in [1.29, 1.82) is 0 Å². The molecule has 0 radical (unpaired) electrons. The maximum Gasteiger partial charge on any atom is 0.0540 e. The zero-order valence-corrected chi connectivity index (χ0v) is 29.2. The Bertz CT molecular complexity index is 2890. The average molecular weight is 674 g/mol. The number of anilines is 3. The van der Waals surface area contributed by atoms with Gasteiger partial charge in [0, 0.05) is 16.8 Å². The highest BCUT2D eigenvalue weighted by molar-refractivity contribution is 6.26. The zero-order valence-electron chi connectivity index (χ0n) is 29.2. The minimum atomic E-state index is 1.13. The third kappa shape index (κ3) is 5.34. The molecule has 1 heteroatoms. The lowest BCUT2D eigenvalue weighted by atomic mass is 9.83. The molecule has 0 atom stereocenters. The molecule has 10 aromatic rings. The summed E-state index contributed by atoms with van der Waals surface area (Å²) < 4.78 is 0. The molecule has 53 heavy (non-hydrogen) atoms. The van der Waals surface area contributed by atoms with Crippen LogP contribution >= 0.6 is 0 Å². The molecule has 248 valence electrons. The van der Waals surface area contributed by atoms with Gasteiger partial charge in [-0.25, -0.2) is 0 Å². The summed E-state index contributed by atoms with van der Waals surface area (Å²) in [6.45, 7) is 0. The molecular weight excluding hydrogens is 639 g/mol. The van der Waals surface area contributed by atoms with E-state index in [1.807, 2.05) is 0 Å². The van der Waals surface area contributed by atoms with Gasteiger partial charge in [0.05, 0.1) is 5.69 Å². The van der Waals surface area contributed by atoms with Crippen LogP contribution in [0.4, 0.5) is 17.1 Å². The molecule has 0 fully saturated rings. The molecule has 0 unspecified atom stereocenters. The van der Waals surface area contributed by atoms with E-state index in [1.54, 1.807) is 0 Å². The van der Waals surface area contributed by atoms with Gasteiger partial charge in [-0.2, -0.15) is 0 Å². The van der Waals surface area contributed by atoms with Crippen molar-refractivity contribution in [3.05, 3.63) is 212 Å². The highest BCUT2D eigenvalue weighted by Gasteiger charge is 2.22. The Morgan fingerprint density at radius 3 is 1.38 bits per heavy atom. The van der Waals surface area contributed by atoms with Crippen molar-refractivity contribution in [2.24, 2.45) is 0 Å². The summed E-state index contributed by atoms with van der Waals surface area (Å²) in [5.41, 5.74) is 10.8. The first-order valence-electron chi connectivity index (χ1n) is 18.3. The molecule has 10 rings (SSSR count). The van der Waals surface area contributed by atoms with Crippen LogP contribution in [0.3, 0.4) is 0 Å². The molecule has 10 aromatic carbocycles. The Balaban J connectivity index is 1.29. The number of para-hydroxylation sites is 2. The Labute approximate surface area is 309 Å². The second kappa shape index (κ2) is 13.0. The van der Waals surface area contributed by atoms with E-state index >= 15 is 0 Å². The Kier molecular flexibility index (Phi) is 7.55. The molecule has 0 aliphatic heterocycles. The molecule has 0 amide bonds. The summed E-state index contributed by atoms with van der Waals surface area (Å²) in [5, 5.41) is 9.91. The minimum Gasteiger partial charge on any atom is -0.310 e. The van der Waals surface area contributed by atoms with Gasteiger partial charge < -0.3 is 4.90 Å². The van der Waals surface area contributed by atoms with Crippen LogP contribution in [-0.4, -0.2) is 0 Å². The van der Waals surface area contributed by atoms with Crippen LogP contribution in [0.25, 0.3) is 76.5 Å². The smallest absolute Gasteiger partial charge is 0.0540 e. The summed E-state index contributed by atoms with van der Waals surface area (Å²) in [7, 11) is 0. The average Bonchev–Trinajstić information content (AvgIpc) is 3.23. The van der Waals surface area contributed by atoms with Crippen molar-refractivity contribution in [3.8, 4) is 33.4 Å². The first kappa shape index (κ1) is 30.8. The third-order valence-corrected chi connectivity index (χ3v) is 10.6. The molecule has 0 N–H and O–H groups in total. The lowest BCUT2D eigenvalue weighted by molar-refractivity contribution is 1.30. The summed E-state index contributed by atoms with van der Waals surface area (Å²) >= 11 is 0. The van der Waals surface area contributed by atoms with Crippen LogP contribution < -0.4 is 4.90 Å². The second-order valence-corrected chi connectivity index (χ2v) is 13.7. The van der Waals surface area contributed by atoms with Gasteiger partial charge in [-0.15, -0.1) is 0 Å². The van der Waals surface area contributed by atoms with Crippen LogP contribution in [0.15, 0.2) is 212 Å². The summed E-state index contributed by atoms with van der Waals surface area (Å²) in [4.78, 5) is 2.37. The van der Waals surface area contributed by atoms with Gasteiger partial charge in [0.25, 0.3) is 0 Å². The van der Waals surface area contributed by atoms with Crippen molar-refractivity contribution in [2.75, 3.05) is 4.90 Å². The normalized spacial score (nSPS) is 11.4. The molecule has 0 aliphatic carbocycles. The molecule has 0 aromatic heterocycles. The van der Waals surface area contributed by atoms with Gasteiger partial charge >= 0.3 is 0 Å². The summed E-state index contributed by atoms with van der Waals surface area (Å²) in [6, 6.07) is 77.2. The van der Waals surface area contributed by atoms with E-state index in [1.165, 1.54) is 76.5 Å². The van der Waals surface area contributed by atoms with E-state index in [0.717, 1.165) is 17.1 Å². The van der Waals surface area contributed by atoms with E-state index in [2.05, 4.69) is 217 Å². The Morgan fingerprint density at radius 2 is 0.736 bits per heavy atom. The van der Waals surface area contributed by atoms with Crippen LogP contribution in [0.2, 0.25) is 0 Å². The molecular formula is C52H35N. The second-order valence-electron chi connectivity index (χ2n) is 13.7. The zero-order chi connectivity index (χ0) is 35.1. The number of fused-ring (bicyclic) bond motifs is 4. The van der Waals surface area contributed by atoms with E-state index < -0.39 is 0 Å². The Hall–Kier alpha value is -6.96. The van der Waals surface area contributed by atoms with Crippen molar-refractivity contribution < 1.29 is 0 Å². The van der Waals surface area contributed by atoms with Gasteiger partial charge in [0.15, 0.2) is 0 Å². The maximum atomic E-state index is 2.42. The molecule has 0 spiro atoms. The van der Waals surface area contributed by atoms with E-state index in [9.17, 15) is 0 Å². The van der Waals surface area contributed by atoms with Gasteiger partial charge in [0.2, 0.25) is 0 Å².